The van der Waals surface area contributed by atoms with Crippen molar-refractivity contribution in [3.8, 4) is 11.1 Å². The molecule has 0 saturated carbocycles. The van der Waals surface area contributed by atoms with Crippen LogP contribution in [0, 0.1) is 5.82 Å². The fraction of sp³-hybridized carbons (Fsp3) is 0. The molecule has 1 aromatic carbocycles. The van der Waals surface area contributed by atoms with Crippen molar-refractivity contribution in [2.45, 2.75) is 0 Å². The van der Waals surface area contributed by atoms with E-state index in [0.29, 0.717) is 22.0 Å². The summed E-state index contributed by atoms with van der Waals surface area (Å²) in [5, 5.41) is 0.299. The van der Waals surface area contributed by atoms with Gasteiger partial charge in [0.25, 0.3) is 0 Å². The van der Waals surface area contributed by atoms with Gasteiger partial charge in [0.2, 0.25) is 0 Å². The van der Waals surface area contributed by atoms with E-state index < -0.39 is 0 Å². The van der Waals surface area contributed by atoms with E-state index in [4.69, 9.17) is 17.3 Å². The first-order chi connectivity index (χ1) is 7.18. The maximum atomic E-state index is 13.4. The minimum absolute atomic E-state index is 0.299. The highest BCUT2D eigenvalue weighted by Crippen LogP contribution is 2.28. The zero-order valence-electron chi connectivity index (χ0n) is 7.74. The Hall–Kier alpha value is -1.61. The van der Waals surface area contributed by atoms with Crippen molar-refractivity contribution in [2.75, 3.05) is 5.73 Å². The zero-order valence-corrected chi connectivity index (χ0v) is 8.50. The number of nitrogens with two attached hydrogens (primary N) is 1. The molecule has 0 saturated heterocycles. The molecule has 2 rings (SSSR count). The molecule has 15 heavy (non-hydrogen) atoms. The molecule has 4 heteroatoms. The van der Waals surface area contributed by atoms with Crippen molar-refractivity contribution >= 4 is 17.3 Å². The summed E-state index contributed by atoms with van der Waals surface area (Å²) < 4.78 is 13.4. The molecule has 0 aliphatic carbocycles. The van der Waals surface area contributed by atoms with E-state index in [1.54, 1.807) is 18.2 Å². The molecule has 0 aliphatic heterocycles. The van der Waals surface area contributed by atoms with Crippen molar-refractivity contribution in [3.05, 3.63) is 47.5 Å². The molecule has 0 atom stereocenters. The quantitative estimate of drug-likeness (QED) is 0.753. The largest absolute Gasteiger partial charge is 0.398 e. The summed E-state index contributed by atoms with van der Waals surface area (Å²) in [6.45, 7) is 0. The molecule has 0 amide bonds. The van der Waals surface area contributed by atoms with Crippen LogP contribution in [-0.2, 0) is 0 Å². The molecule has 1 aromatic heterocycles. The summed E-state index contributed by atoms with van der Waals surface area (Å²) in [6.07, 6.45) is 1.47. The number of benzene rings is 1. The SMILES string of the molecule is Nc1cc(Cl)ncc1-c1ccccc1F. The third kappa shape index (κ3) is 1.92. The lowest BCUT2D eigenvalue weighted by atomic mass is 10.1. The van der Waals surface area contributed by atoms with Gasteiger partial charge in [-0.2, -0.15) is 0 Å². The number of anilines is 1. The highest BCUT2D eigenvalue weighted by Gasteiger charge is 2.08. The average Bonchev–Trinajstić information content (AvgIpc) is 2.20. The van der Waals surface area contributed by atoms with E-state index >= 15 is 0 Å². The fourth-order valence-corrected chi connectivity index (χ4v) is 1.52. The molecule has 0 fully saturated rings. The number of rotatable bonds is 1. The predicted octanol–water partition coefficient (Wildman–Crippen LogP) is 3.12. The van der Waals surface area contributed by atoms with Crippen LogP contribution in [0.25, 0.3) is 11.1 Å². The molecule has 0 bridgehead atoms. The fourth-order valence-electron chi connectivity index (χ4n) is 1.35. The average molecular weight is 223 g/mol. The van der Waals surface area contributed by atoms with E-state index in [-0.39, 0.29) is 5.82 Å². The van der Waals surface area contributed by atoms with Gasteiger partial charge in [0.15, 0.2) is 0 Å². The molecule has 0 aliphatic rings. The van der Waals surface area contributed by atoms with Crippen LogP contribution in [0.1, 0.15) is 0 Å². The Morgan fingerprint density at radius 2 is 1.93 bits per heavy atom. The number of nitrogen functional groups attached to an aromatic ring is 1. The summed E-state index contributed by atoms with van der Waals surface area (Å²) in [5.41, 5.74) is 7.13. The zero-order chi connectivity index (χ0) is 10.8. The second kappa shape index (κ2) is 3.87. The third-order valence-corrected chi connectivity index (χ3v) is 2.27. The molecular weight excluding hydrogens is 215 g/mol. The Balaban J connectivity index is 2.60. The van der Waals surface area contributed by atoms with E-state index in [2.05, 4.69) is 4.98 Å². The maximum Gasteiger partial charge on any atom is 0.131 e. The lowest BCUT2D eigenvalue weighted by Gasteiger charge is -2.06. The molecule has 2 aromatic rings. The lowest BCUT2D eigenvalue weighted by molar-refractivity contribution is 0.631. The van der Waals surface area contributed by atoms with Gasteiger partial charge in [0.05, 0.1) is 0 Å². The lowest BCUT2D eigenvalue weighted by Crippen LogP contribution is -1.93. The summed E-state index contributed by atoms with van der Waals surface area (Å²) in [4.78, 5) is 3.88. The summed E-state index contributed by atoms with van der Waals surface area (Å²) >= 11 is 5.66. The Bertz CT molecular complexity index is 500. The predicted molar refractivity (Wildman–Crippen MR) is 59.1 cm³/mol. The number of pyridine rings is 1. The minimum atomic E-state index is -0.326. The molecule has 2 N–H and O–H groups in total. The van der Waals surface area contributed by atoms with Crippen LogP contribution in [0.15, 0.2) is 36.5 Å². The first-order valence-electron chi connectivity index (χ1n) is 4.34. The van der Waals surface area contributed by atoms with E-state index in [1.807, 2.05) is 0 Å². The number of hydrogen-bond acceptors (Lipinski definition) is 2. The van der Waals surface area contributed by atoms with Crippen LogP contribution in [0.2, 0.25) is 5.15 Å². The van der Waals surface area contributed by atoms with Gasteiger partial charge in [0, 0.05) is 23.0 Å². The van der Waals surface area contributed by atoms with Crippen molar-refractivity contribution in [1.29, 1.82) is 0 Å². The molecular formula is C11H8ClFN2. The summed E-state index contributed by atoms with van der Waals surface area (Å²) in [6, 6.07) is 7.90. The highest BCUT2D eigenvalue weighted by atomic mass is 35.5. The van der Waals surface area contributed by atoms with E-state index in [9.17, 15) is 4.39 Å². The van der Waals surface area contributed by atoms with Crippen LogP contribution in [0.3, 0.4) is 0 Å². The topological polar surface area (TPSA) is 38.9 Å². The summed E-state index contributed by atoms with van der Waals surface area (Å²) in [7, 11) is 0. The van der Waals surface area contributed by atoms with Gasteiger partial charge in [-0.1, -0.05) is 29.8 Å². The molecule has 76 valence electrons. The Morgan fingerprint density at radius 1 is 1.20 bits per heavy atom. The number of hydrogen-bond donors (Lipinski definition) is 1. The van der Waals surface area contributed by atoms with Crippen molar-refractivity contribution in [1.82, 2.24) is 4.98 Å². The Morgan fingerprint density at radius 3 is 2.60 bits per heavy atom. The monoisotopic (exact) mass is 222 g/mol. The van der Waals surface area contributed by atoms with Gasteiger partial charge in [0.1, 0.15) is 11.0 Å². The van der Waals surface area contributed by atoms with Gasteiger partial charge < -0.3 is 5.73 Å². The Labute approximate surface area is 91.5 Å². The third-order valence-electron chi connectivity index (χ3n) is 2.07. The van der Waals surface area contributed by atoms with Crippen LogP contribution in [-0.4, -0.2) is 4.98 Å². The van der Waals surface area contributed by atoms with Crippen molar-refractivity contribution in [2.24, 2.45) is 0 Å². The Kier molecular flexibility index (Phi) is 2.56. The molecule has 1 heterocycles. The first kappa shape index (κ1) is 9.93. The van der Waals surface area contributed by atoms with Crippen molar-refractivity contribution in [3.63, 3.8) is 0 Å². The molecule has 0 spiro atoms. The van der Waals surface area contributed by atoms with E-state index in [1.165, 1.54) is 18.3 Å². The maximum absolute atomic E-state index is 13.4. The van der Waals surface area contributed by atoms with Gasteiger partial charge in [-0.25, -0.2) is 9.37 Å². The van der Waals surface area contributed by atoms with Gasteiger partial charge in [-0.3, -0.25) is 0 Å². The van der Waals surface area contributed by atoms with Gasteiger partial charge in [-0.15, -0.1) is 0 Å². The van der Waals surface area contributed by atoms with Crippen LogP contribution >= 0.6 is 11.6 Å². The standard InChI is InChI=1S/C11H8ClFN2/c12-11-5-10(14)8(6-15-11)7-3-1-2-4-9(7)13/h1-6H,(H2,14,15). The van der Waals surface area contributed by atoms with Gasteiger partial charge in [-0.05, 0) is 12.1 Å². The second-order valence-corrected chi connectivity index (χ2v) is 3.46. The van der Waals surface area contributed by atoms with Gasteiger partial charge >= 0.3 is 0 Å². The normalized spacial score (nSPS) is 10.3. The second-order valence-electron chi connectivity index (χ2n) is 3.07. The van der Waals surface area contributed by atoms with Crippen LogP contribution < -0.4 is 5.73 Å². The molecule has 2 nitrogen and oxygen atoms in total. The van der Waals surface area contributed by atoms with Crippen LogP contribution in [0.5, 0.6) is 0 Å². The summed E-state index contributed by atoms with van der Waals surface area (Å²) in [5.74, 6) is -0.326. The van der Waals surface area contributed by atoms with E-state index in [0.717, 1.165) is 0 Å². The smallest absolute Gasteiger partial charge is 0.131 e. The minimum Gasteiger partial charge on any atom is -0.398 e. The highest BCUT2D eigenvalue weighted by molar-refractivity contribution is 6.29. The van der Waals surface area contributed by atoms with Crippen LogP contribution in [0.4, 0.5) is 10.1 Å². The molecule has 0 radical (unpaired) electrons. The molecule has 0 unspecified atom stereocenters. The number of aromatic nitrogens is 1. The van der Waals surface area contributed by atoms with Crippen molar-refractivity contribution < 1.29 is 4.39 Å². The first-order valence-corrected chi connectivity index (χ1v) is 4.72. The number of nitrogens with zero attached hydrogens (tertiary/aromatic N) is 1. The number of halogens is 2.